The normalized spacial score (nSPS) is 11.0. The maximum atomic E-state index is 12.7. The summed E-state index contributed by atoms with van der Waals surface area (Å²) in [5, 5.41) is 2.23. The van der Waals surface area contributed by atoms with Crippen LogP contribution in [0.3, 0.4) is 0 Å². The van der Waals surface area contributed by atoms with Crippen molar-refractivity contribution in [2.45, 2.75) is 14.7 Å². The quantitative estimate of drug-likeness (QED) is 0.626. The van der Waals surface area contributed by atoms with Gasteiger partial charge in [0.1, 0.15) is 4.90 Å². The number of sulfonamides is 1. The van der Waals surface area contributed by atoms with Crippen molar-refractivity contribution in [3.05, 3.63) is 18.2 Å². The smallest absolute Gasteiger partial charge is 0.335 e. The summed E-state index contributed by atoms with van der Waals surface area (Å²) in [7, 11) is -1.48. The standard InChI is InChI=1S/C14H17N5O5S3/c1-23-13-16-11(17-14(18-13)24-2)15-12(20)19-27(21,22)10-8(25-3)6-5-7-9(10)26-4/h5-7H,1-4H3,(H2,15,16,17,18,19,20). The van der Waals surface area contributed by atoms with Gasteiger partial charge in [-0.3, -0.25) is 5.32 Å². The van der Waals surface area contributed by atoms with Gasteiger partial charge < -0.3 is 9.47 Å². The highest BCUT2D eigenvalue weighted by atomic mass is 32.2. The number of hydrogen-bond acceptors (Lipinski definition) is 10. The highest BCUT2D eigenvalue weighted by Crippen LogP contribution is 2.32. The molecule has 0 radical (unpaired) electrons. The van der Waals surface area contributed by atoms with Crippen LogP contribution in [0.2, 0.25) is 0 Å². The molecule has 0 aliphatic heterocycles. The van der Waals surface area contributed by atoms with E-state index < -0.39 is 16.1 Å². The third-order valence-corrected chi connectivity index (χ3v) is 6.31. The number of benzene rings is 1. The fraction of sp³-hybridized carbons (Fsp3) is 0.286. The SMILES string of the molecule is COc1nc(NC(=O)NS(=O)(=O)c2c(SC)cccc2SC)nc(OC)n1. The van der Waals surface area contributed by atoms with E-state index in [1.165, 1.54) is 37.7 Å². The fourth-order valence-electron chi connectivity index (χ4n) is 1.96. The molecule has 0 bridgehead atoms. The van der Waals surface area contributed by atoms with Crippen molar-refractivity contribution in [2.24, 2.45) is 0 Å². The summed E-state index contributed by atoms with van der Waals surface area (Å²) >= 11 is 2.53. The molecule has 27 heavy (non-hydrogen) atoms. The highest BCUT2D eigenvalue weighted by molar-refractivity contribution is 8.01. The second kappa shape index (κ2) is 9.10. The van der Waals surface area contributed by atoms with Gasteiger partial charge in [0.25, 0.3) is 10.0 Å². The zero-order valence-electron chi connectivity index (χ0n) is 14.8. The number of thioether (sulfide) groups is 2. The number of aromatic nitrogens is 3. The maximum Gasteiger partial charge on any atom is 0.335 e. The molecular formula is C14H17N5O5S3. The largest absolute Gasteiger partial charge is 0.467 e. The van der Waals surface area contributed by atoms with E-state index in [-0.39, 0.29) is 22.9 Å². The molecule has 1 heterocycles. The third kappa shape index (κ3) is 5.14. The van der Waals surface area contributed by atoms with Gasteiger partial charge in [0, 0.05) is 9.79 Å². The molecule has 0 fully saturated rings. The number of ether oxygens (including phenoxy) is 2. The summed E-state index contributed by atoms with van der Waals surface area (Å²) in [5.74, 6) is -0.227. The van der Waals surface area contributed by atoms with Crippen LogP contribution in [0.4, 0.5) is 10.7 Å². The summed E-state index contributed by atoms with van der Waals surface area (Å²) in [6, 6.07) is 3.85. The summed E-state index contributed by atoms with van der Waals surface area (Å²) in [6.45, 7) is 0. The van der Waals surface area contributed by atoms with E-state index in [2.05, 4.69) is 20.3 Å². The number of rotatable bonds is 7. The number of carbonyl (C=O) groups is 1. The van der Waals surface area contributed by atoms with Crippen molar-refractivity contribution >= 4 is 45.5 Å². The predicted octanol–water partition coefficient (Wildman–Crippen LogP) is 1.84. The van der Waals surface area contributed by atoms with Crippen molar-refractivity contribution < 1.29 is 22.7 Å². The van der Waals surface area contributed by atoms with E-state index in [0.29, 0.717) is 9.79 Å². The Labute approximate surface area is 164 Å². The van der Waals surface area contributed by atoms with Crippen LogP contribution in [-0.4, -0.2) is 56.1 Å². The molecule has 146 valence electrons. The molecule has 13 heteroatoms. The molecule has 2 amide bonds. The molecule has 0 atom stereocenters. The van der Waals surface area contributed by atoms with Crippen LogP contribution in [0.5, 0.6) is 12.0 Å². The van der Waals surface area contributed by atoms with Crippen molar-refractivity contribution in [1.29, 1.82) is 0 Å². The molecule has 1 aromatic carbocycles. The Balaban J connectivity index is 2.28. The van der Waals surface area contributed by atoms with Crippen LogP contribution in [-0.2, 0) is 10.0 Å². The Morgan fingerprint density at radius 2 is 1.52 bits per heavy atom. The van der Waals surface area contributed by atoms with E-state index in [1.54, 1.807) is 30.7 Å². The molecule has 0 unspecified atom stereocenters. The summed E-state index contributed by atoms with van der Waals surface area (Å²) in [5.41, 5.74) is 0. The van der Waals surface area contributed by atoms with Gasteiger partial charge in [-0.15, -0.1) is 28.5 Å². The number of nitrogens with zero attached hydrogens (tertiary/aromatic N) is 3. The van der Waals surface area contributed by atoms with Crippen LogP contribution >= 0.6 is 23.5 Å². The minimum absolute atomic E-state index is 0.0333. The summed E-state index contributed by atoms with van der Waals surface area (Å²) < 4.78 is 37.2. The highest BCUT2D eigenvalue weighted by Gasteiger charge is 2.25. The van der Waals surface area contributed by atoms with E-state index in [4.69, 9.17) is 9.47 Å². The molecule has 0 spiro atoms. The van der Waals surface area contributed by atoms with Crippen LogP contribution < -0.4 is 19.5 Å². The van der Waals surface area contributed by atoms with Crippen LogP contribution in [0.15, 0.2) is 32.9 Å². The van der Waals surface area contributed by atoms with Crippen LogP contribution in [0, 0.1) is 0 Å². The van der Waals surface area contributed by atoms with Gasteiger partial charge in [-0.25, -0.2) is 17.9 Å². The number of anilines is 1. The van der Waals surface area contributed by atoms with Gasteiger partial charge in [0.05, 0.1) is 14.2 Å². The number of methoxy groups -OCH3 is 2. The molecule has 0 saturated carbocycles. The average molecular weight is 432 g/mol. The summed E-state index contributed by atoms with van der Waals surface area (Å²) in [6.07, 6.45) is 3.50. The van der Waals surface area contributed by atoms with Crippen molar-refractivity contribution in [2.75, 3.05) is 32.0 Å². The molecule has 2 aromatic rings. The molecule has 0 saturated heterocycles. The van der Waals surface area contributed by atoms with Gasteiger partial charge in [0.15, 0.2) is 0 Å². The topological polar surface area (TPSA) is 132 Å². The Kier molecular flexibility index (Phi) is 7.10. The van der Waals surface area contributed by atoms with Gasteiger partial charge in [-0.05, 0) is 24.6 Å². The second-order valence-corrected chi connectivity index (χ2v) is 8.00. The Morgan fingerprint density at radius 3 is 1.96 bits per heavy atom. The first kappa shape index (κ1) is 21.1. The molecule has 0 aliphatic rings. The van der Waals surface area contributed by atoms with Crippen molar-refractivity contribution in [1.82, 2.24) is 19.7 Å². The van der Waals surface area contributed by atoms with E-state index in [1.807, 2.05) is 4.72 Å². The number of nitrogens with one attached hydrogen (secondary N) is 2. The van der Waals surface area contributed by atoms with E-state index >= 15 is 0 Å². The lowest BCUT2D eigenvalue weighted by Gasteiger charge is -2.14. The predicted molar refractivity (Wildman–Crippen MR) is 102 cm³/mol. The van der Waals surface area contributed by atoms with Crippen LogP contribution in [0.1, 0.15) is 0 Å². The lowest BCUT2D eigenvalue weighted by molar-refractivity contribution is 0.256. The Morgan fingerprint density at radius 1 is 1.00 bits per heavy atom. The Hall–Kier alpha value is -2.25. The first-order valence-corrected chi connectivity index (χ1v) is 11.2. The van der Waals surface area contributed by atoms with Gasteiger partial charge in [-0.1, -0.05) is 6.07 Å². The zero-order chi connectivity index (χ0) is 20.0. The number of hydrogen-bond donors (Lipinski definition) is 2. The molecule has 10 nitrogen and oxygen atoms in total. The number of carbonyl (C=O) groups excluding carboxylic acids is 1. The van der Waals surface area contributed by atoms with Gasteiger partial charge >= 0.3 is 18.1 Å². The summed E-state index contributed by atoms with van der Waals surface area (Å²) in [4.78, 5) is 24.7. The minimum atomic E-state index is -4.13. The van der Waals surface area contributed by atoms with Gasteiger partial charge in [-0.2, -0.15) is 9.97 Å². The molecular weight excluding hydrogens is 414 g/mol. The van der Waals surface area contributed by atoms with Gasteiger partial charge in [0.2, 0.25) is 5.95 Å². The molecule has 1 aromatic heterocycles. The first-order valence-electron chi connectivity index (χ1n) is 7.23. The molecule has 0 aliphatic carbocycles. The average Bonchev–Trinajstić information content (AvgIpc) is 2.66. The van der Waals surface area contributed by atoms with Crippen molar-refractivity contribution in [3.63, 3.8) is 0 Å². The minimum Gasteiger partial charge on any atom is -0.467 e. The monoisotopic (exact) mass is 431 g/mol. The first-order chi connectivity index (χ1) is 12.8. The zero-order valence-corrected chi connectivity index (χ0v) is 17.3. The van der Waals surface area contributed by atoms with E-state index in [0.717, 1.165) is 0 Å². The number of urea groups is 1. The molecule has 2 N–H and O–H groups in total. The third-order valence-electron chi connectivity index (χ3n) is 3.06. The maximum absolute atomic E-state index is 12.7. The fourth-order valence-corrected chi connectivity index (χ4v) is 5.26. The Bertz CT molecular complexity index is 894. The molecule has 2 rings (SSSR count). The van der Waals surface area contributed by atoms with Crippen LogP contribution in [0.25, 0.3) is 0 Å². The lowest BCUT2D eigenvalue weighted by atomic mass is 10.4. The van der Waals surface area contributed by atoms with E-state index in [9.17, 15) is 13.2 Å². The lowest BCUT2D eigenvalue weighted by Crippen LogP contribution is -2.35. The number of amides is 2. The van der Waals surface area contributed by atoms with Crippen molar-refractivity contribution in [3.8, 4) is 12.0 Å². The second-order valence-electron chi connectivity index (χ2n) is 4.68.